The monoisotopic (exact) mass is 230 g/mol. The van der Waals surface area contributed by atoms with Crippen LogP contribution in [0.1, 0.15) is 56.4 Å². The van der Waals surface area contributed by atoms with Crippen LogP contribution in [0, 0.1) is 11.8 Å². The van der Waals surface area contributed by atoms with Crippen LogP contribution >= 0.6 is 0 Å². The van der Waals surface area contributed by atoms with Gasteiger partial charge in [-0.05, 0) is 48.3 Å². The molecule has 3 rings (SSSR count). The molecule has 1 heteroatoms. The second-order valence-corrected chi connectivity index (χ2v) is 5.84. The fraction of sp³-hybridized carbons (Fsp3) is 0.625. The smallest absolute Gasteiger partial charge is 0.115 e. The minimum Gasteiger partial charge on any atom is -0.508 e. The highest BCUT2D eigenvalue weighted by atomic mass is 16.3. The minimum atomic E-state index is 0.393. The van der Waals surface area contributed by atoms with Crippen molar-refractivity contribution in [1.29, 1.82) is 0 Å². The number of phenols is 1. The highest BCUT2D eigenvalue weighted by molar-refractivity contribution is 5.29. The van der Waals surface area contributed by atoms with Gasteiger partial charge in [0.1, 0.15) is 5.75 Å². The van der Waals surface area contributed by atoms with E-state index in [2.05, 4.69) is 12.1 Å². The van der Waals surface area contributed by atoms with E-state index in [0.717, 1.165) is 17.8 Å². The average Bonchev–Trinajstić information content (AvgIpc) is 2.39. The Labute approximate surface area is 104 Å². The van der Waals surface area contributed by atoms with Crippen LogP contribution in [0.15, 0.2) is 24.3 Å². The summed E-state index contributed by atoms with van der Waals surface area (Å²) in [5, 5.41) is 9.39. The van der Waals surface area contributed by atoms with Gasteiger partial charge in [-0.2, -0.15) is 0 Å². The Morgan fingerprint density at radius 3 is 2.35 bits per heavy atom. The van der Waals surface area contributed by atoms with Gasteiger partial charge in [0.15, 0.2) is 0 Å². The standard InChI is InChI=1S/C16H22O/c17-14-10-8-13(9-11-14)16-7-3-5-12-4-1-2-6-15(12)16/h8-12,15-17H,1-7H2. The average molecular weight is 230 g/mol. The molecule has 1 nitrogen and oxygen atoms in total. The first kappa shape index (κ1) is 11.1. The van der Waals surface area contributed by atoms with Crippen LogP contribution in [0.5, 0.6) is 5.75 Å². The summed E-state index contributed by atoms with van der Waals surface area (Å²) in [5.41, 5.74) is 1.46. The van der Waals surface area contributed by atoms with Crippen LogP contribution in [0.4, 0.5) is 0 Å². The molecule has 1 N–H and O–H groups in total. The first-order valence-corrected chi connectivity index (χ1v) is 7.13. The maximum atomic E-state index is 9.39. The molecular weight excluding hydrogens is 208 g/mol. The Kier molecular flexibility index (Phi) is 3.09. The SMILES string of the molecule is Oc1ccc(C2CCCC3CCCCC32)cc1. The molecule has 1 aromatic carbocycles. The Hall–Kier alpha value is -0.980. The van der Waals surface area contributed by atoms with Gasteiger partial charge in [-0.1, -0.05) is 44.2 Å². The fourth-order valence-corrected chi connectivity index (χ4v) is 4.07. The van der Waals surface area contributed by atoms with Crippen molar-refractivity contribution < 1.29 is 5.11 Å². The Morgan fingerprint density at radius 1 is 0.824 bits per heavy atom. The summed E-state index contributed by atoms with van der Waals surface area (Å²) in [6.45, 7) is 0. The van der Waals surface area contributed by atoms with Crippen molar-refractivity contribution in [3.05, 3.63) is 29.8 Å². The number of aromatic hydroxyl groups is 1. The molecule has 2 fully saturated rings. The van der Waals surface area contributed by atoms with Crippen LogP contribution in [0.2, 0.25) is 0 Å². The van der Waals surface area contributed by atoms with Gasteiger partial charge < -0.3 is 5.11 Å². The molecule has 0 saturated heterocycles. The van der Waals surface area contributed by atoms with Crippen LogP contribution in [0.3, 0.4) is 0 Å². The van der Waals surface area contributed by atoms with E-state index in [4.69, 9.17) is 0 Å². The van der Waals surface area contributed by atoms with Gasteiger partial charge in [0.2, 0.25) is 0 Å². The van der Waals surface area contributed by atoms with Crippen molar-refractivity contribution in [2.24, 2.45) is 11.8 Å². The predicted octanol–water partition coefficient (Wildman–Crippen LogP) is 4.47. The molecule has 2 aliphatic carbocycles. The van der Waals surface area contributed by atoms with Crippen molar-refractivity contribution in [1.82, 2.24) is 0 Å². The van der Waals surface area contributed by atoms with Crippen molar-refractivity contribution in [2.75, 3.05) is 0 Å². The van der Waals surface area contributed by atoms with Gasteiger partial charge in [-0.25, -0.2) is 0 Å². The molecule has 0 radical (unpaired) electrons. The van der Waals surface area contributed by atoms with E-state index < -0.39 is 0 Å². The Balaban J connectivity index is 1.83. The summed E-state index contributed by atoms with van der Waals surface area (Å²) in [6, 6.07) is 7.97. The van der Waals surface area contributed by atoms with Crippen molar-refractivity contribution in [3.63, 3.8) is 0 Å². The predicted molar refractivity (Wildman–Crippen MR) is 70.1 cm³/mol. The number of phenolic OH excluding ortho intramolecular Hbond substituents is 1. The molecule has 1 aromatic rings. The van der Waals surface area contributed by atoms with Gasteiger partial charge in [-0.15, -0.1) is 0 Å². The maximum absolute atomic E-state index is 9.39. The summed E-state index contributed by atoms with van der Waals surface area (Å²) >= 11 is 0. The first-order valence-electron chi connectivity index (χ1n) is 7.13. The molecule has 0 amide bonds. The molecule has 2 aliphatic rings. The topological polar surface area (TPSA) is 20.2 Å². The van der Waals surface area contributed by atoms with Crippen LogP contribution in [-0.2, 0) is 0 Å². The highest BCUT2D eigenvalue weighted by Gasteiger charge is 2.35. The van der Waals surface area contributed by atoms with E-state index >= 15 is 0 Å². The molecule has 3 unspecified atom stereocenters. The van der Waals surface area contributed by atoms with Gasteiger partial charge in [-0.3, -0.25) is 0 Å². The van der Waals surface area contributed by atoms with E-state index in [0.29, 0.717) is 5.75 Å². The van der Waals surface area contributed by atoms with Crippen molar-refractivity contribution in [2.45, 2.75) is 50.9 Å². The molecule has 0 heterocycles. The fourth-order valence-electron chi connectivity index (χ4n) is 4.07. The van der Waals surface area contributed by atoms with E-state index in [-0.39, 0.29) is 0 Å². The van der Waals surface area contributed by atoms with Crippen LogP contribution in [0.25, 0.3) is 0 Å². The van der Waals surface area contributed by atoms with E-state index in [1.807, 2.05) is 12.1 Å². The zero-order valence-electron chi connectivity index (χ0n) is 10.4. The number of benzene rings is 1. The summed E-state index contributed by atoms with van der Waals surface area (Å²) in [5.74, 6) is 3.05. The molecule has 0 bridgehead atoms. The zero-order valence-corrected chi connectivity index (χ0v) is 10.4. The van der Waals surface area contributed by atoms with E-state index in [1.54, 1.807) is 0 Å². The van der Waals surface area contributed by atoms with Crippen LogP contribution < -0.4 is 0 Å². The van der Waals surface area contributed by atoms with Crippen LogP contribution in [-0.4, -0.2) is 5.11 Å². The quantitative estimate of drug-likeness (QED) is 0.755. The molecule has 0 spiro atoms. The number of fused-ring (bicyclic) bond motifs is 1. The lowest BCUT2D eigenvalue weighted by Gasteiger charge is -2.41. The maximum Gasteiger partial charge on any atom is 0.115 e. The molecule has 0 aliphatic heterocycles. The summed E-state index contributed by atoms with van der Waals surface area (Å²) < 4.78 is 0. The third kappa shape index (κ3) is 2.20. The lowest BCUT2D eigenvalue weighted by Crippen LogP contribution is -2.29. The third-order valence-electron chi connectivity index (χ3n) is 4.90. The zero-order chi connectivity index (χ0) is 11.7. The molecule has 17 heavy (non-hydrogen) atoms. The molecule has 3 atom stereocenters. The van der Waals surface area contributed by atoms with E-state index in [9.17, 15) is 5.11 Å². The highest BCUT2D eigenvalue weighted by Crippen LogP contribution is 2.48. The minimum absolute atomic E-state index is 0.393. The summed E-state index contributed by atoms with van der Waals surface area (Å²) in [4.78, 5) is 0. The second kappa shape index (κ2) is 4.72. The lowest BCUT2D eigenvalue weighted by molar-refractivity contribution is 0.144. The number of hydrogen-bond donors (Lipinski definition) is 1. The van der Waals surface area contributed by atoms with Gasteiger partial charge in [0, 0.05) is 0 Å². The summed E-state index contributed by atoms with van der Waals surface area (Å²) in [7, 11) is 0. The van der Waals surface area contributed by atoms with Gasteiger partial charge in [0.25, 0.3) is 0 Å². The van der Waals surface area contributed by atoms with Gasteiger partial charge in [0.05, 0.1) is 0 Å². The third-order valence-corrected chi connectivity index (χ3v) is 4.90. The largest absolute Gasteiger partial charge is 0.508 e. The lowest BCUT2D eigenvalue weighted by atomic mass is 9.64. The molecular formula is C16H22O. The number of rotatable bonds is 1. The molecule has 0 aromatic heterocycles. The van der Waals surface area contributed by atoms with Crippen molar-refractivity contribution in [3.8, 4) is 5.75 Å². The summed E-state index contributed by atoms with van der Waals surface area (Å²) in [6.07, 6.45) is 9.96. The second-order valence-electron chi connectivity index (χ2n) is 5.84. The van der Waals surface area contributed by atoms with Gasteiger partial charge >= 0.3 is 0 Å². The first-order chi connectivity index (χ1) is 8.34. The van der Waals surface area contributed by atoms with E-state index in [1.165, 1.54) is 50.5 Å². The molecule has 2 saturated carbocycles. The number of hydrogen-bond acceptors (Lipinski definition) is 1. The molecule has 92 valence electrons. The Morgan fingerprint density at radius 2 is 1.53 bits per heavy atom. The Bertz CT molecular complexity index is 366. The van der Waals surface area contributed by atoms with Crippen molar-refractivity contribution >= 4 is 0 Å². The normalized spacial score (nSPS) is 33.1.